The molecule has 4 heteroatoms. The van der Waals surface area contributed by atoms with Crippen LogP contribution >= 0.6 is 24.8 Å². The third-order valence-corrected chi connectivity index (χ3v) is 0. The molecule has 0 aromatic carbocycles. The zero-order chi connectivity index (χ0) is 5.58. The second kappa shape index (κ2) is 27.0. The fourth-order valence-electron chi connectivity index (χ4n) is 0. The minimum atomic E-state index is 0. The first-order valence-electron chi connectivity index (χ1n) is 1.65. The molecule has 0 heterocycles. The van der Waals surface area contributed by atoms with E-state index in [1.54, 1.807) is 0 Å². The summed E-state index contributed by atoms with van der Waals surface area (Å²) in [6.07, 6.45) is 0. The molecule has 1 N–H and O–H groups in total. The molecule has 0 aromatic rings. The van der Waals surface area contributed by atoms with E-state index in [1.807, 2.05) is 0 Å². The molecule has 0 amide bonds. The average Bonchev–Trinajstić information content (AvgIpc) is 1.41. The van der Waals surface area contributed by atoms with Crippen molar-refractivity contribution in [1.82, 2.24) is 0 Å². The summed E-state index contributed by atoms with van der Waals surface area (Å²) in [5.74, 6) is 0.167. The lowest BCUT2D eigenvalue weighted by molar-refractivity contribution is -0.114. The molecule has 0 spiro atoms. The van der Waals surface area contributed by atoms with Gasteiger partial charge >= 0.3 is 0 Å². The highest BCUT2D eigenvalue weighted by molar-refractivity contribution is 5.85. The number of aliphatic hydroxyl groups excluding tert-OH is 1. The first kappa shape index (κ1) is 24.1. The summed E-state index contributed by atoms with van der Waals surface area (Å²) in [7, 11) is 1.00. The van der Waals surface area contributed by atoms with Crippen LogP contribution in [-0.2, 0) is 4.79 Å². The van der Waals surface area contributed by atoms with Crippen LogP contribution in [0, 0.1) is 0 Å². The van der Waals surface area contributed by atoms with Crippen LogP contribution in [0.5, 0.6) is 0 Å². The molecule has 0 aliphatic carbocycles. The van der Waals surface area contributed by atoms with Crippen molar-refractivity contribution in [2.24, 2.45) is 0 Å². The zero-order valence-electron chi connectivity index (χ0n) is 5.17. The lowest BCUT2D eigenvalue weighted by Gasteiger charge is -1.56. The smallest absolute Gasteiger partial charge is 0.126 e. The van der Waals surface area contributed by atoms with Gasteiger partial charge in [-0.25, -0.2) is 0 Å². The van der Waals surface area contributed by atoms with Gasteiger partial charge in [-0.1, -0.05) is 0 Å². The molecule has 0 saturated heterocycles. The third kappa shape index (κ3) is 3820. The van der Waals surface area contributed by atoms with E-state index in [4.69, 9.17) is 5.11 Å². The number of ketones is 1. The maximum Gasteiger partial charge on any atom is 0.126 e. The molecule has 0 aliphatic heterocycles. The zero-order valence-corrected chi connectivity index (χ0v) is 6.80. The first-order valence-corrected chi connectivity index (χ1v) is 1.65. The predicted molar refractivity (Wildman–Crippen MR) is 39.0 cm³/mol. The lowest BCUT2D eigenvalue weighted by Crippen LogP contribution is -1.69. The normalized spacial score (nSPS) is 4.00. The molecule has 54 valence electrons. The van der Waals surface area contributed by atoms with Crippen LogP contribution < -0.4 is 0 Å². The highest BCUT2D eigenvalue weighted by Crippen LogP contribution is 1.50. The van der Waals surface area contributed by atoms with Crippen LogP contribution in [0.3, 0.4) is 0 Å². The molecule has 0 atom stereocenters. The van der Waals surface area contributed by atoms with Gasteiger partial charge in [-0.2, -0.15) is 0 Å². The Morgan fingerprint density at radius 1 is 1.12 bits per heavy atom. The maximum absolute atomic E-state index is 9.44. The van der Waals surface area contributed by atoms with E-state index in [0.29, 0.717) is 0 Å². The van der Waals surface area contributed by atoms with Crippen LogP contribution in [0.25, 0.3) is 0 Å². The van der Waals surface area contributed by atoms with Gasteiger partial charge in [-0.05, 0) is 13.8 Å². The summed E-state index contributed by atoms with van der Waals surface area (Å²) in [5, 5.41) is 7.00. The summed E-state index contributed by atoms with van der Waals surface area (Å²) in [6, 6.07) is 0. The molecule has 0 saturated carbocycles. The SMILES string of the molecule is CC(C)=O.CO.Cl.Cl. The largest absolute Gasteiger partial charge is 0.400 e. The van der Waals surface area contributed by atoms with Crippen LogP contribution in [0.15, 0.2) is 0 Å². The molecule has 0 fully saturated rings. The molecule has 0 aromatic heterocycles. The van der Waals surface area contributed by atoms with Gasteiger partial charge in [0, 0.05) is 7.11 Å². The molecular weight excluding hydrogens is 151 g/mol. The standard InChI is InChI=1S/C3H6O.CH4O.2ClH/c1-3(2)4;1-2;;/h1-2H3;2H,1H3;2*1H. The van der Waals surface area contributed by atoms with E-state index in [0.717, 1.165) is 7.11 Å². The molecule has 0 unspecified atom stereocenters. The Morgan fingerprint density at radius 2 is 1.12 bits per heavy atom. The minimum Gasteiger partial charge on any atom is -0.400 e. The molecule has 0 rings (SSSR count). The van der Waals surface area contributed by atoms with Crippen molar-refractivity contribution in [3.8, 4) is 0 Å². The van der Waals surface area contributed by atoms with E-state index in [1.165, 1.54) is 13.8 Å². The van der Waals surface area contributed by atoms with E-state index < -0.39 is 0 Å². The Kier molecular flexibility index (Phi) is 81.2. The quantitative estimate of drug-likeness (QED) is 0.579. The van der Waals surface area contributed by atoms with Crippen molar-refractivity contribution in [1.29, 1.82) is 0 Å². The van der Waals surface area contributed by atoms with Crippen LogP contribution in [-0.4, -0.2) is 18.0 Å². The summed E-state index contributed by atoms with van der Waals surface area (Å²) in [4.78, 5) is 9.44. The van der Waals surface area contributed by atoms with E-state index in [9.17, 15) is 4.79 Å². The molecule has 0 radical (unpaired) electrons. The Morgan fingerprint density at radius 3 is 1.12 bits per heavy atom. The summed E-state index contributed by atoms with van der Waals surface area (Å²) in [5.41, 5.74) is 0. The monoisotopic (exact) mass is 162 g/mol. The van der Waals surface area contributed by atoms with Crippen molar-refractivity contribution in [2.75, 3.05) is 7.11 Å². The Balaban J connectivity index is -0.0000000183. The van der Waals surface area contributed by atoms with Gasteiger partial charge < -0.3 is 9.90 Å². The van der Waals surface area contributed by atoms with Crippen molar-refractivity contribution < 1.29 is 9.90 Å². The van der Waals surface area contributed by atoms with Crippen LogP contribution in [0.2, 0.25) is 0 Å². The van der Waals surface area contributed by atoms with Crippen LogP contribution in [0.1, 0.15) is 13.8 Å². The number of hydrogen-bond donors (Lipinski definition) is 1. The summed E-state index contributed by atoms with van der Waals surface area (Å²) >= 11 is 0. The number of carbonyl (C=O) groups excluding carboxylic acids is 1. The van der Waals surface area contributed by atoms with Crippen LogP contribution in [0.4, 0.5) is 0 Å². The molecular formula is C4H12Cl2O2. The Hall–Kier alpha value is 0.210. The number of rotatable bonds is 0. The summed E-state index contributed by atoms with van der Waals surface area (Å²) < 4.78 is 0. The van der Waals surface area contributed by atoms with Crippen molar-refractivity contribution in [2.45, 2.75) is 13.8 Å². The third-order valence-electron chi connectivity index (χ3n) is 0. The molecule has 2 nitrogen and oxygen atoms in total. The molecule has 8 heavy (non-hydrogen) atoms. The van der Waals surface area contributed by atoms with Gasteiger partial charge in [0.25, 0.3) is 0 Å². The predicted octanol–water partition coefficient (Wildman–Crippen LogP) is 1.05. The number of hydrogen-bond acceptors (Lipinski definition) is 2. The summed E-state index contributed by atoms with van der Waals surface area (Å²) in [6.45, 7) is 3.06. The van der Waals surface area contributed by atoms with Gasteiger partial charge in [-0.3, -0.25) is 0 Å². The van der Waals surface area contributed by atoms with E-state index >= 15 is 0 Å². The Bertz CT molecular complexity index is 35.0. The number of halogens is 2. The lowest BCUT2D eigenvalue weighted by atomic mass is 10.6. The second-order valence-electron chi connectivity index (χ2n) is 0.908. The number of carbonyl (C=O) groups is 1. The van der Waals surface area contributed by atoms with E-state index in [2.05, 4.69) is 0 Å². The van der Waals surface area contributed by atoms with Crippen molar-refractivity contribution >= 4 is 30.6 Å². The highest BCUT2D eigenvalue weighted by Gasteiger charge is 1.62. The fourth-order valence-corrected chi connectivity index (χ4v) is 0. The molecule has 0 aliphatic rings. The topological polar surface area (TPSA) is 37.3 Å². The van der Waals surface area contributed by atoms with Gasteiger partial charge in [0.15, 0.2) is 0 Å². The fraction of sp³-hybridized carbons (Fsp3) is 0.750. The number of Topliss-reactive ketones (excluding diaryl/α,β-unsaturated/α-hetero) is 1. The average molecular weight is 163 g/mol. The van der Waals surface area contributed by atoms with Gasteiger partial charge in [0.05, 0.1) is 0 Å². The maximum atomic E-state index is 9.44. The second-order valence-corrected chi connectivity index (χ2v) is 0.908. The highest BCUT2D eigenvalue weighted by atomic mass is 35.5. The van der Waals surface area contributed by atoms with Gasteiger partial charge in [0.2, 0.25) is 0 Å². The number of aliphatic hydroxyl groups is 1. The minimum absolute atomic E-state index is 0. The molecule has 0 bridgehead atoms. The van der Waals surface area contributed by atoms with E-state index in [-0.39, 0.29) is 30.6 Å². The Labute approximate surface area is 62.1 Å². The van der Waals surface area contributed by atoms with Gasteiger partial charge in [0.1, 0.15) is 5.78 Å². The van der Waals surface area contributed by atoms with Crippen molar-refractivity contribution in [3.63, 3.8) is 0 Å². The van der Waals surface area contributed by atoms with Crippen molar-refractivity contribution in [3.05, 3.63) is 0 Å². The van der Waals surface area contributed by atoms with Gasteiger partial charge in [-0.15, -0.1) is 24.8 Å². The first-order chi connectivity index (χ1) is 2.73.